The monoisotopic (exact) mass is 351 g/mol. The van der Waals surface area contributed by atoms with E-state index in [1.165, 1.54) is 6.08 Å². The molecular formula is C11H8BrF2NO3S. The summed E-state index contributed by atoms with van der Waals surface area (Å²) in [5, 5.41) is 3.22. The van der Waals surface area contributed by atoms with Crippen LogP contribution in [0.5, 0.6) is 0 Å². The lowest BCUT2D eigenvalue weighted by Gasteiger charge is -2.11. The molecule has 0 radical (unpaired) electrons. The minimum atomic E-state index is -3.34. The predicted octanol–water partition coefficient (Wildman–Crippen LogP) is 1.77. The van der Waals surface area contributed by atoms with Crippen molar-refractivity contribution in [2.24, 2.45) is 0 Å². The second kappa shape index (κ2) is 5.01. The molecule has 1 unspecified atom stereocenters. The van der Waals surface area contributed by atoms with Crippen molar-refractivity contribution >= 4 is 31.7 Å². The second-order valence-electron chi connectivity index (χ2n) is 3.98. The third kappa shape index (κ3) is 3.19. The van der Waals surface area contributed by atoms with Crippen LogP contribution in [0.15, 0.2) is 28.1 Å². The number of benzene rings is 1. The molecule has 1 aliphatic rings. The molecule has 0 saturated carbocycles. The first-order valence-corrected chi connectivity index (χ1v) is 7.66. The van der Waals surface area contributed by atoms with E-state index in [0.717, 1.165) is 17.5 Å². The first kappa shape index (κ1) is 14.1. The maximum Gasteiger partial charge on any atom is 0.257 e. The molecule has 0 aromatic heterocycles. The SMILES string of the molecule is O=C(NC1C=CS(=O)(=O)C1)c1c(F)cc(Br)cc1F. The minimum Gasteiger partial charge on any atom is -0.345 e. The lowest BCUT2D eigenvalue weighted by atomic mass is 10.1. The molecule has 0 saturated heterocycles. The Balaban J connectivity index is 2.20. The highest BCUT2D eigenvalue weighted by Gasteiger charge is 2.26. The summed E-state index contributed by atoms with van der Waals surface area (Å²) in [6.45, 7) is 0. The maximum atomic E-state index is 13.5. The van der Waals surface area contributed by atoms with Gasteiger partial charge in [-0.1, -0.05) is 15.9 Å². The van der Waals surface area contributed by atoms with Gasteiger partial charge in [0.1, 0.15) is 17.2 Å². The number of hydrogen-bond donors (Lipinski definition) is 1. The Hall–Kier alpha value is -1.28. The van der Waals surface area contributed by atoms with Crippen LogP contribution in [0.2, 0.25) is 0 Å². The van der Waals surface area contributed by atoms with Crippen molar-refractivity contribution in [1.29, 1.82) is 0 Å². The van der Waals surface area contributed by atoms with Gasteiger partial charge in [0.2, 0.25) is 0 Å². The number of hydrogen-bond acceptors (Lipinski definition) is 3. The molecule has 1 aliphatic heterocycles. The first-order chi connectivity index (χ1) is 8.78. The molecule has 1 N–H and O–H groups in total. The van der Waals surface area contributed by atoms with Gasteiger partial charge in [0.05, 0.1) is 11.8 Å². The number of carbonyl (C=O) groups excluding carboxylic acids is 1. The van der Waals surface area contributed by atoms with Crippen LogP contribution in [0.4, 0.5) is 8.78 Å². The molecule has 4 nitrogen and oxygen atoms in total. The lowest BCUT2D eigenvalue weighted by Crippen LogP contribution is -2.36. The summed E-state index contributed by atoms with van der Waals surface area (Å²) in [6, 6.07) is 1.14. The smallest absolute Gasteiger partial charge is 0.257 e. The number of carbonyl (C=O) groups is 1. The van der Waals surface area contributed by atoms with E-state index in [-0.39, 0.29) is 10.2 Å². The fraction of sp³-hybridized carbons (Fsp3) is 0.182. The summed E-state index contributed by atoms with van der Waals surface area (Å²) < 4.78 is 49.5. The van der Waals surface area contributed by atoms with Crippen molar-refractivity contribution in [2.75, 3.05) is 5.75 Å². The van der Waals surface area contributed by atoms with Crippen molar-refractivity contribution in [2.45, 2.75) is 6.04 Å². The van der Waals surface area contributed by atoms with Gasteiger partial charge in [-0.25, -0.2) is 17.2 Å². The van der Waals surface area contributed by atoms with Crippen molar-refractivity contribution in [3.05, 3.63) is 45.3 Å². The number of rotatable bonds is 2. The summed E-state index contributed by atoms with van der Waals surface area (Å²) in [4.78, 5) is 11.7. The Morgan fingerprint density at radius 3 is 2.37 bits per heavy atom. The highest BCUT2D eigenvalue weighted by Crippen LogP contribution is 2.20. The number of halogens is 3. The van der Waals surface area contributed by atoms with Gasteiger partial charge in [0.25, 0.3) is 5.91 Å². The first-order valence-electron chi connectivity index (χ1n) is 5.15. The third-order valence-corrected chi connectivity index (χ3v) is 4.33. The molecule has 19 heavy (non-hydrogen) atoms. The third-order valence-electron chi connectivity index (χ3n) is 2.48. The number of amides is 1. The van der Waals surface area contributed by atoms with E-state index in [4.69, 9.17) is 0 Å². The topological polar surface area (TPSA) is 63.2 Å². The Kier molecular flexibility index (Phi) is 3.73. The van der Waals surface area contributed by atoms with Crippen LogP contribution in [0, 0.1) is 11.6 Å². The van der Waals surface area contributed by atoms with Gasteiger partial charge >= 0.3 is 0 Å². The Morgan fingerprint density at radius 1 is 1.32 bits per heavy atom. The predicted molar refractivity (Wildman–Crippen MR) is 68.2 cm³/mol. The van der Waals surface area contributed by atoms with Crippen LogP contribution in [-0.2, 0) is 9.84 Å². The summed E-state index contributed by atoms with van der Waals surface area (Å²) in [7, 11) is -3.34. The highest BCUT2D eigenvalue weighted by molar-refractivity contribution is 9.10. The van der Waals surface area contributed by atoms with Crippen molar-refractivity contribution in [1.82, 2.24) is 5.32 Å². The van der Waals surface area contributed by atoms with E-state index in [1.807, 2.05) is 0 Å². The molecular weight excluding hydrogens is 344 g/mol. The molecule has 1 atom stereocenters. The molecule has 1 aromatic rings. The van der Waals surface area contributed by atoms with Gasteiger partial charge < -0.3 is 5.32 Å². The number of sulfone groups is 1. The maximum absolute atomic E-state index is 13.5. The van der Waals surface area contributed by atoms with Crippen LogP contribution in [0.3, 0.4) is 0 Å². The van der Waals surface area contributed by atoms with Gasteiger partial charge in [0, 0.05) is 9.88 Å². The zero-order valence-corrected chi connectivity index (χ0v) is 11.8. The normalized spacial score (nSPS) is 20.5. The van der Waals surface area contributed by atoms with Crippen LogP contribution in [0.1, 0.15) is 10.4 Å². The van der Waals surface area contributed by atoms with Gasteiger partial charge in [-0.2, -0.15) is 0 Å². The van der Waals surface area contributed by atoms with Gasteiger partial charge in [-0.05, 0) is 18.2 Å². The molecule has 102 valence electrons. The Labute approximate surface area is 116 Å². The number of nitrogens with one attached hydrogen (secondary N) is 1. The summed E-state index contributed by atoms with van der Waals surface area (Å²) in [6.07, 6.45) is 1.27. The largest absolute Gasteiger partial charge is 0.345 e. The zero-order chi connectivity index (χ0) is 14.2. The van der Waals surface area contributed by atoms with E-state index in [1.54, 1.807) is 0 Å². The van der Waals surface area contributed by atoms with Crippen molar-refractivity contribution in [3.8, 4) is 0 Å². The fourth-order valence-corrected chi connectivity index (χ4v) is 3.30. The average molecular weight is 352 g/mol. The summed E-state index contributed by atoms with van der Waals surface area (Å²) >= 11 is 2.90. The molecule has 0 bridgehead atoms. The highest BCUT2D eigenvalue weighted by atomic mass is 79.9. The molecule has 1 aromatic carbocycles. The van der Waals surface area contributed by atoms with Crippen LogP contribution in [-0.4, -0.2) is 26.1 Å². The van der Waals surface area contributed by atoms with E-state index in [2.05, 4.69) is 21.2 Å². The minimum absolute atomic E-state index is 0.169. The van der Waals surface area contributed by atoms with Crippen LogP contribution in [0.25, 0.3) is 0 Å². The summed E-state index contributed by atoms with van der Waals surface area (Å²) in [5.74, 6) is -3.34. The molecule has 1 amide bonds. The molecule has 2 rings (SSSR count). The zero-order valence-electron chi connectivity index (χ0n) is 9.36. The van der Waals surface area contributed by atoms with E-state index in [0.29, 0.717) is 0 Å². The second-order valence-corrected chi connectivity index (χ2v) is 6.83. The van der Waals surface area contributed by atoms with Crippen LogP contribution >= 0.6 is 15.9 Å². The Morgan fingerprint density at radius 2 is 1.89 bits per heavy atom. The van der Waals surface area contributed by atoms with E-state index >= 15 is 0 Å². The van der Waals surface area contributed by atoms with E-state index in [9.17, 15) is 22.0 Å². The van der Waals surface area contributed by atoms with Crippen LogP contribution < -0.4 is 5.32 Å². The molecule has 1 heterocycles. The summed E-state index contributed by atoms with van der Waals surface area (Å²) in [5.41, 5.74) is -0.735. The van der Waals surface area contributed by atoms with Crippen molar-refractivity contribution < 1.29 is 22.0 Å². The average Bonchev–Trinajstić information content (AvgIpc) is 2.56. The quantitative estimate of drug-likeness (QED) is 0.883. The standard InChI is InChI=1S/C11H8BrF2NO3S/c12-6-3-8(13)10(9(14)4-6)11(16)15-7-1-2-19(17,18)5-7/h1-4,7H,5H2,(H,15,16). The molecule has 8 heteroatoms. The molecule has 0 fully saturated rings. The van der Waals surface area contributed by atoms with Gasteiger partial charge in [-0.3, -0.25) is 4.79 Å². The van der Waals surface area contributed by atoms with Gasteiger partial charge in [-0.15, -0.1) is 0 Å². The Bertz CT molecular complexity index is 650. The van der Waals surface area contributed by atoms with E-state index < -0.39 is 39.0 Å². The van der Waals surface area contributed by atoms with Gasteiger partial charge in [0.15, 0.2) is 9.84 Å². The van der Waals surface area contributed by atoms with Crippen molar-refractivity contribution in [3.63, 3.8) is 0 Å². The molecule has 0 aliphatic carbocycles. The fourth-order valence-electron chi connectivity index (χ4n) is 1.67. The lowest BCUT2D eigenvalue weighted by molar-refractivity contribution is 0.0939. The molecule has 0 spiro atoms.